The maximum absolute atomic E-state index is 11.6. The van der Waals surface area contributed by atoms with E-state index in [4.69, 9.17) is 16.3 Å². The molecule has 0 spiro atoms. The summed E-state index contributed by atoms with van der Waals surface area (Å²) in [5, 5.41) is 2.95. The third-order valence-electron chi connectivity index (χ3n) is 2.49. The van der Waals surface area contributed by atoms with Gasteiger partial charge in [-0.1, -0.05) is 6.92 Å². The summed E-state index contributed by atoms with van der Waals surface area (Å²) in [5.74, 6) is 0.343. The van der Waals surface area contributed by atoms with Gasteiger partial charge in [0, 0.05) is 18.5 Å². The molecule has 1 N–H and O–H groups in total. The maximum atomic E-state index is 11.6. The topological polar surface area (TPSA) is 38.3 Å². The molecule has 1 aliphatic heterocycles. The van der Waals surface area contributed by atoms with Gasteiger partial charge in [-0.25, -0.2) is 0 Å². The average Bonchev–Trinajstić information content (AvgIpc) is 2.50. The molecule has 0 aromatic heterocycles. The second-order valence-electron chi connectivity index (χ2n) is 3.92. The predicted molar refractivity (Wildman–Crippen MR) is 56.5 cm³/mol. The Morgan fingerprint density at radius 3 is 2.93 bits per heavy atom. The summed E-state index contributed by atoms with van der Waals surface area (Å²) in [6.45, 7) is 5.30. The molecule has 0 aliphatic carbocycles. The first-order chi connectivity index (χ1) is 6.61. The molecule has 0 bridgehead atoms. The fraction of sp³-hybridized carbons (Fsp3) is 0.900. The molecule has 1 heterocycles. The van der Waals surface area contributed by atoms with Crippen LogP contribution in [0.15, 0.2) is 0 Å². The molecule has 1 fully saturated rings. The van der Waals surface area contributed by atoms with Gasteiger partial charge in [-0.05, 0) is 25.7 Å². The number of amides is 1. The lowest BCUT2D eigenvalue weighted by molar-refractivity contribution is -0.131. The second-order valence-corrected chi connectivity index (χ2v) is 4.66. The van der Waals surface area contributed by atoms with Gasteiger partial charge in [0.1, 0.15) is 6.10 Å². The highest BCUT2D eigenvalue weighted by molar-refractivity contribution is 6.20. The molecule has 1 saturated heterocycles. The van der Waals surface area contributed by atoms with Crippen LogP contribution in [-0.2, 0) is 9.53 Å². The lowest BCUT2D eigenvalue weighted by Crippen LogP contribution is -2.38. The molecule has 1 rings (SSSR count). The molecule has 0 radical (unpaired) electrons. The van der Waals surface area contributed by atoms with Crippen molar-refractivity contribution >= 4 is 17.5 Å². The Morgan fingerprint density at radius 2 is 2.43 bits per heavy atom. The first-order valence-electron chi connectivity index (χ1n) is 5.14. The van der Waals surface area contributed by atoms with Crippen molar-refractivity contribution in [1.82, 2.24) is 5.32 Å². The van der Waals surface area contributed by atoms with Crippen molar-refractivity contribution in [3.8, 4) is 0 Å². The summed E-state index contributed by atoms with van der Waals surface area (Å²) in [4.78, 5) is 11.6. The third-order valence-corrected chi connectivity index (χ3v) is 2.71. The highest BCUT2D eigenvalue weighted by atomic mass is 35.5. The summed E-state index contributed by atoms with van der Waals surface area (Å²) in [6.07, 6.45) is 1.53. The molecule has 14 heavy (non-hydrogen) atoms. The molecular formula is C10H18ClNO2. The van der Waals surface area contributed by atoms with E-state index in [9.17, 15) is 4.79 Å². The maximum Gasteiger partial charge on any atom is 0.249 e. The molecule has 3 unspecified atom stereocenters. The van der Waals surface area contributed by atoms with Gasteiger partial charge >= 0.3 is 0 Å². The van der Waals surface area contributed by atoms with Gasteiger partial charge < -0.3 is 10.1 Å². The Balaban J connectivity index is 2.21. The van der Waals surface area contributed by atoms with Gasteiger partial charge in [0.25, 0.3) is 0 Å². The van der Waals surface area contributed by atoms with Crippen LogP contribution in [0.25, 0.3) is 0 Å². The highest BCUT2D eigenvalue weighted by Crippen LogP contribution is 2.19. The quantitative estimate of drug-likeness (QED) is 0.729. The normalized spacial score (nSPS) is 28.8. The van der Waals surface area contributed by atoms with Gasteiger partial charge in [-0.15, -0.1) is 11.6 Å². The summed E-state index contributed by atoms with van der Waals surface area (Å²) in [7, 11) is 0. The number of halogens is 1. The van der Waals surface area contributed by atoms with E-state index in [0.29, 0.717) is 19.1 Å². The van der Waals surface area contributed by atoms with Crippen LogP contribution in [0.4, 0.5) is 0 Å². The minimum Gasteiger partial charge on any atom is -0.368 e. The van der Waals surface area contributed by atoms with Crippen molar-refractivity contribution in [2.24, 2.45) is 5.92 Å². The lowest BCUT2D eigenvalue weighted by atomic mass is 10.0. The second kappa shape index (κ2) is 5.56. The number of rotatable bonds is 4. The lowest BCUT2D eigenvalue weighted by Gasteiger charge is -2.14. The predicted octanol–water partition coefficient (Wildman–Crippen LogP) is 1.54. The van der Waals surface area contributed by atoms with Gasteiger partial charge in [0.15, 0.2) is 0 Å². The van der Waals surface area contributed by atoms with Crippen LogP contribution in [0.5, 0.6) is 0 Å². The molecular weight excluding hydrogens is 202 g/mol. The number of nitrogens with one attached hydrogen (secondary N) is 1. The van der Waals surface area contributed by atoms with Crippen molar-refractivity contribution in [3.63, 3.8) is 0 Å². The zero-order valence-corrected chi connectivity index (χ0v) is 9.51. The number of carbonyl (C=O) groups is 1. The van der Waals surface area contributed by atoms with E-state index >= 15 is 0 Å². The Hall–Kier alpha value is -0.280. The number of alkyl halides is 1. The Kier molecular flexibility index (Phi) is 4.69. The van der Waals surface area contributed by atoms with Gasteiger partial charge in [0.05, 0.1) is 0 Å². The van der Waals surface area contributed by atoms with Crippen LogP contribution < -0.4 is 5.32 Å². The zero-order valence-electron chi connectivity index (χ0n) is 8.75. The van der Waals surface area contributed by atoms with Crippen LogP contribution in [0.1, 0.15) is 26.7 Å². The standard InChI is InChI=1S/C10H18ClNO2/c1-7-4-6-14-9(7)10(13)12-5-3-8(2)11/h7-9H,3-6H2,1-2H3,(H,12,13). The summed E-state index contributed by atoms with van der Waals surface area (Å²) in [6, 6.07) is 0. The van der Waals surface area contributed by atoms with E-state index < -0.39 is 0 Å². The van der Waals surface area contributed by atoms with Crippen molar-refractivity contribution in [1.29, 1.82) is 0 Å². The van der Waals surface area contributed by atoms with Gasteiger partial charge in [-0.3, -0.25) is 4.79 Å². The number of hydrogen-bond acceptors (Lipinski definition) is 2. The smallest absolute Gasteiger partial charge is 0.249 e. The third kappa shape index (κ3) is 3.46. The largest absolute Gasteiger partial charge is 0.368 e. The minimum absolute atomic E-state index is 0.00677. The molecule has 3 atom stereocenters. The number of ether oxygens (including phenoxy) is 1. The first-order valence-corrected chi connectivity index (χ1v) is 5.58. The minimum atomic E-state index is -0.249. The first kappa shape index (κ1) is 11.8. The van der Waals surface area contributed by atoms with Crippen LogP contribution >= 0.6 is 11.6 Å². The Labute approximate surface area is 90.1 Å². The fourth-order valence-corrected chi connectivity index (χ4v) is 1.63. The van der Waals surface area contributed by atoms with Crippen molar-refractivity contribution in [2.45, 2.75) is 38.2 Å². The van der Waals surface area contributed by atoms with E-state index in [2.05, 4.69) is 5.32 Å². The SMILES string of the molecule is CC(Cl)CCNC(=O)C1OCCC1C. The van der Waals surface area contributed by atoms with Crippen molar-refractivity contribution in [2.75, 3.05) is 13.2 Å². The monoisotopic (exact) mass is 219 g/mol. The van der Waals surface area contributed by atoms with Crippen LogP contribution in [0.3, 0.4) is 0 Å². The van der Waals surface area contributed by atoms with Crippen LogP contribution in [0, 0.1) is 5.92 Å². The molecule has 0 saturated carbocycles. The molecule has 0 aromatic carbocycles. The molecule has 0 aromatic rings. The van der Waals surface area contributed by atoms with Crippen LogP contribution in [-0.4, -0.2) is 30.5 Å². The summed E-state index contributed by atoms with van der Waals surface area (Å²) < 4.78 is 5.34. The number of carbonyl (C=O) groups excluding carboxylic acids is 1. The summed E-state index contributed by atoms with van der Waals surface area (Å²) >= 11 is 5.77. The Bertz CT molecular complexity index is 197. The fourth-order valence-electron chi connectivity index (χ4n) is 1.53. The van der Waals surface area contributed by atoms with Crippen molar-refractivity contribution in [3.05, 3.63) is 0 Å². The van der Waals surface area contributed by atoms with E-state index in [1.807, 2.05) is 13.8 Å². The molecule has 4 heteroatoms. The van der Waals surface area contributed by atoms with E-state index in [1.165, 1.54) is 0 Å². The van der Waals surface area contributed by atoms with E-state index in [1.54, 1.807) is 0 Å². The van der Waals surface area contributed by atoms with E-state index in [-0.39, 0.29) is 17.4 Å². The van der Waals surface area contributed by atoms with Crippen molar-refractivity contribution < 1.29 is 9.53 Å². The molecule has 1 aliphatic rings. The van der Waals surface area contributed by atoms with E-state index in [0.717, 1.165) is 12.8 Å². The summed E-state index contributed by atoms with van der Waals surface area (Å²) in [5.41, 5.74) is 0. The van der Waals surface area contributed by atoms with Crippen LogP contribution in [0.2, 0.25) is 0 Å². The highest BCUT2D eigenvalue weighted by Gasteiger charge is 2.30. The molecule has 3 nitrogen and oxygen atoms in total. The van der Waals surface area contributed by atoms with Gasteiger partial charge in [-0.2, -0.15) is 0 Å². The molecule has 1 amide bonds. The number of hydrogen-bond donors (Lipinski definition) is 1. The van der Waals surface area contributed by atoms with Gasteiger partial charge in [0.2, 0.25) is 5.91 Å². The zero-order chi connectivity index (χ0) is 10.6. The molecule has 82 valence electrons. The average molecular weight is 220 g/mol. The Morgan fingerprint density at radius 1 is 1.71 bits per heavy atom.